The average Bonchev–Trinajstić information content (AvgIpc) is 3.86. The number of nitrogens with one attached hydrogen (secondary N) is 1. The van der Waals surface area contributed by atoms with E-state index in [0.29, 0.717) is 64.6 Å². The summed E-state index contributed by atoms with van der Waals surface area (Å²) in [4.78, 5) is 70.0. The first-order chi connectivity index (χ1) is 32.2. The topological polar surface area (TPSA) is 164 Å². The molecule has 5 aromatic rings. The normalized spacial score (nSPS) is 14.4. The lowest BCUT2D eigenvalue weighted by molar-refractivity contribution is -0.131. The summed E-state index contributed by atoms with van der Waals surface area (Å²) >= 11 is 12.1. The molecule has 0 saturated carbocycles. The second-order valence-corrected chi connectivity index (χ2v) is 16.2. The van der Waals surface area contributed by atoms with Gasteiger partial charge in [0, 0.05) is 91.7 Å². The standard InChI is InChI=1S/C23H26ClF2N5O3.C22H23ClF2N6O2/c1-2-29-9-11-30(12-10-29)23(34)31(19-7-4-17(24)5-8-19)15-18-6-3-16(13-27-18)20(32)14-28-22(33)21(25)26;1-2-29-9-11-30(12-10-29)22(32)31(18-7-4-16(23)5-8-18)14-17-6-3-15(13-26-17)20-27-28-21(33-20)19(24)25/h3-8,13,21H,2,9-12,14-15H2,1H3,(H,28,33);3-8,13,19H,2,9-12,14H2,1H3. The maximum absolute atomic E-state index is 13.4. The number of urea groups is 2. The minimum absolute atomic E-state index is 0.0382. The Hall–Kier alpha value is -6.22. The van der Waals surface area contributed by atoms with Gasteiger partial charge in [0.2, 0.25) is 5.89 Å². The van der Waals surface area contributed by atoms with Crippen LogP contribution in [-0.2, 0) is 17.9 Å². The minimum Gasteiger partial charge on any atom is -0.415 e. The van der Waals surface area contributed by atoms with Crippen molar-refractivity contribution in [1.29, 1.82) is 0 Å². The quantitative estimate of drug-likeness (QED) is 0.0864. The Labute approximate surface area is 394 Å². The molecule has 2 aliphatic heterocycles. The van der Waals surface area contributed by atoms with Gasteiger partial charge in [0.25, 0.3) is 11.8 Å². The maximum atomic E-state index is 13.4. The number of aromatic nitrogens is 4. The molecule has 5 heterocycles. The van der Waals surface area contributed by atoms with Gasteiger partial charge in [-0.15, -0.1) is 10.2 Å². The number of benzene rings is 2. The van der Waals surface area contributed by atoms with E-state index in [9.17, 15) is 36.7 Å². The van der Waals surface area contributed by atoms with Gasteiger partial charge in [0.1, 0.15) is 0 Å². The molecule has 356 valence electrons. The van der Waals surface area contributed by atoms with Crippen molar-refractivity contribution in [3.8, 4) is 11.5 Å². The van der Waals surface area contributed by atoms with E-state index >= 15 is 0 Å². The van der Waals surface area contributed by atoms with Crippen molar-refractivity contribution in [3.05, 3.63) is 118 Å². The smallest absolute Gasteiger partial charge is 0.324 e. The summed E-state index contributed by atoms with van der Waals surface area (Å²) in [5.41, 5.74) is 3.08. The number of piperazine rings is 2. The third-order valence-electron chi connectivity index (χ3n) is 11.0. The van der Waals surface area contributed by atoms with Crippen LogP contribution >= 0.6 is 23.2 Å². The van der Waals surface area contributed by atoms with E-state index < -0.39 is 37.0 Å². The molecule has 0 radical (unpaired) electrons. The zero-order chi connectivity index (χ0) is 48.0. The molecule has 0 bridgehead atoms. The van der Waals surface area contributed by atoms with Crippen LogP contribution in [0.5, 0.6) is 0 Å². The predicted molar refractivity (Wildman–Crippen MR) is 244 cm³/mol. The molecule has 3 aromatic heterocycles. The van der Waals surface area contributed by atoms with Crippen molar-refractivity contribution >= 4 is 58.3 Å². The number of carbonyl (C=O) groups is 4. The van der Waals surface area contributed by atoms with E-state index in [-0.39, 0.29) is 36.6 Å². The molecule has 2 aromatic carbocycles. The van der Waals surface area contributed by atoms with E-state index in [1.54, 1.807) is 81.4 Å². The summed E-state index contributed by atoms with van der Waals surface area (Å²) in [6.07, 6.45) is -3.26. The summed E-state index contributed by atoms with van der Waals surface area (Å²) in [7, 11) is 0. The van der Waals surface area contributed by atoms with Gasteiger partial charge in [0.15, 0.2) is 5.78 Å². The molecule has 0 unspecified atom stereocenters. The molecule has 1 N–H and O–H groups in total. The lowest BCUT2D eigenvalue weighted by Gasteiger charge is -2.37. The second kappa shape index (κ2) is 24.0. The Morgan fingerprint density at radius 3 is 1.52 bits per heavy atom. The SMILES string of the molecule is CCN1CCN(C(=O)N(Cc2ccc(-c3nnc(C(F)F)o3)cn2)c2ccc(Cl)cc2)CC1.CCN1CCN(C(=O)N(Cc2ccc(C(=O)CNC(=O)C(F)F)cn2)c2ccc(Cl)cc2)CC1. The number of ketones is 1. The number of nitrogens with zero attached hydrogens (tertiary/aromatic N) is 10. The Morgan fingerprint density at radius 1 is 0.657 bits per heavy atom. The molecule has 5 amide bonds. The zero-order valence-corrected chi connectivity index (χ0v) is 38.2. The molecule has 22 heteroatoms. The Morgan fingerprint density at radius 2 is 1.13 bits per heavy atom. The van der Waals surface area contributed by atoms with Gasteiger partial charge in [0.05, 0.1) is 36.6 Å². The van der Waals surface area contributed by atoms with Gasteiger partial charge in [-0.3, -0.25) is 29.4 Å². The van der Waals surface area contributed by atoms with Crippen LogP contribution in [0.3, 0.4) is 0 Å². The van der Waals surface area contributed by atoms with Crippen LogP contribution < -0.4 is 15.1 Å². The van der Waals surface area contributed by atoms with Crippen molar-refractivity contribution in [3.63, 3.8) is 0 Å². The van der Waals surface area contributed by atoms with E-state index in [1.807, 2.05) is 10.2 Å². The molecule has 2 fully saturated rings. The first-order valence-corrected chi connectivity index (χ1v) is 22.2. The molecule has 7 rings (SSSR count). The first-order valence-electron chi connectivity index (χ1n) is 21.4. The number of carbonyl (C=O) groups excluding carboxylic acids is 4. The summed E-state index contributed by atoms with van der Waals surface area (Å²) < 4.78 is 54.9. The third-order valence-corrected chi connectivity index (χ3v) is 11.5. The number of pyridine rings is 2. The molecule has 2 saturated heterocycles. The minimum atomic E-state index is -3.19. The highest BCUT2D eigenvalue weighted by Crippen LogP contribution is 2.26. The zero-order valence-electron chi connectivity index (χ0n) is 36.7. The summed E-state index contributed by atoms with van der Waals surface area (Å²) in [5, 5.41) is 9.96. The fraction of sp³-hybridized carbons (Fsp3) is 0.378. The highest BCUT2D eigenvalue weighted by molar-refractivity contribution is 6.31. The summed E-state index contributed by atoms with van der Waals surface area (Å²) in [6.45, 7) is 11.7. The van der Waals surface area contributed by atoms with Crippen LogP contribution in [0.15, 0.2) is 89.6 Å². The van der Waals surface area contributed by atoms with Crippen molar-refractivity contribution < 1.29 is 41.2 Å². The average molecular weight is 971 g/mol. The molecule has 0 spiro atoms. The summed E-state index contributed by atoms with van der Waals surface area (Å²) in [6, 6.07) is 20.1. The fourth-order valence-electron chi connectivity index (χ4n) is 7.07. The van der Waals surface area contributed by atoms with Crippen LogP contribution in [0.25, 0.3) is 11.5 Å². The number of Topliss-reactive ketones (excluding diaryl/α,β-unsaturated/α-hetero) is 1. The largest absolute Gasteiger partial charge is 0.415 e. The van der Waals surface area contributed by atoms with Gasteiger partial charge >= 0.3 is 24.9 Å². The predicted octanol–water partition coefficient (Wildman–Crippen LogP) is 7.55. The van der Waals surface area contributed by atoms with E-state index in [4.69, 9.17) is 27.6 Å². The Balaban J connectivity index is 0.000000221. The second-order valence-electron chi connectivity index (χ2n) is 15.3. The van der Waals surface area contributed by atoms with Crippen LogP contribution in [0.1, 0.15) is 47.9 Å². The molecule has 2 aliphatic rings. The Kier molecular flexibility index (Phi) is 18.0. The van der Waals surface area contributed by atoms with Crippen molar-refractivity contribution in [2.75, 3.05) is 81.8 Å². The van der Waals surface area contributed by atoms with Crippen LogP contribution in [0.4, 0.5) is 38.5 Å². The number of hydrogen-bond donors (Lipinski definition) is 1. The maximum Gasteiger partial charge on any atom is 0.324 e. The molecular weight excluding hydrogens is 921 g/mol. The van der Waals surface area contributed by atoms with Crippen molar-refractivity contribution in [1.82, 2.24) is 45.1 Å². The molecular formula is C45H49Cl2F4N11O5. The van der Waals surface area contributed by atoms with Gasteiger partial charge < -0.3 is 29.3 Å². The van der Waals surface area contributed by atoms with Crippen molar-refractivity contribution in [2.45, 2.75) is 39.8 Å². The number of anilines is 2. The van der Waals surface area contributed by atoms with E-state index in [1.165, 1.54) is 18.5 Å². The van der Waals surface area contributed by atoms with Gasteiger partial charge in [-0.1, -0.05) is 37.0 Å². The van der Waals surface area contributed by atoms with Crippen LogP contribution in [0, 0.1) is 0 Å². The van der Waals surface area contributed by atoms with Gasteiger partial charge in [-0.2, -0.15) is 17.6 Å². The van der Waals surface area contributed by atoms with Crippen LogP contribution in [-0.4, -0.2) is 142 Å². The number of halogens is 6. The highest BCUT2D eigenvalue weighted by Gasteiger charge is 2.28. The number of alkyl halides is 4. The third kappa shape index (κ3) is 13.9. The van der Waals surface area contributed by atoms with Crippen molar-refractivity contribution in [2.24, 2.45) is 0 Å². The molecule has 16 nitrogen and oxygen atoms in total. The highest BCUT2D eigenvalue weighted by atomic mass is 35.5. The first kappa shape index (κ1) is 50.2. The molecule has 0 atom stereocenters. The van der Waals surface area contributed by atoms with Crippen LogP contribution in [0.2, 0.25) is 10.0 Å². The number of hydrogen-bond acceptors (Lipinski definition) is 11. The molecule has 0 aliphatic carbocycles. The number of amides is 5. The van der Waals surface area contributed by atoms with Gasteiger partial charge in [-0.05, 0) is 85.9 Å². The monoisotopic (exact) mass is 969 g/mol. The van der Waals surface area contributed by atoms with E-state index in [2.05, 4.69) is 43.8 Å². The lowest BCUT2D eigenvalue weighted by atomic mass is 10.1. The number of likely N-dealkylation sites (N-methyl/N-ethyl adjacent to an activating group) is 2. The fourth-order valence-corrected chi connectivity index (χ4v) is 7.32. The number of rotatable bonds is 14. The van der Waals surface area contributed by atoms with E-state index in [0.717, 1.165) is 39.3 Å². The molecule has 67 heavy (non-hydrogen) atoms. The van der Waals surface area contributed by atoms with Gasteiger partial charge in [-0.25, -0.2) is 9.59 Å². The lowest BCUT2D eigenvalue weighted by Crippen LogP contribution is -2.52. The summed E-state index contributed by atoms with van der Waals surface area (Å²) in [5.74, 6) is -2.83. The Bertz CT molecular complexity index is 2400.